The molecule has 0 fully saturated rings. The molecule has 0 spiro atoms. The zero-order valence-corrected chi connectivity index (χ0v) is 11.8. The molecule has 0 amide bonds. The maximum absolute atomic E-state index is 12.3. The van der Waals surface area contributed by atoms with Crippen molar-refractivity contribution >= 4 is 5.78 Å². The Hall–Kier alpha value is -1.91. The summed E-state index contributed by atoms with van der Waals surface area (Å²) in [6.07, 6.45) is 3.82. The van der Waals surface area contributed by atoms with Crippen LogP contribution < -0.4 is 0 Å². The van der Waals surface area contributed by atoms with E-state index in [9.17, 15) is 4.79 Å². The average Bonchev–Trinajstić information content (AvgIpc) is 3.01. The highest BCUT2D eigenvalue weighted by Crippen LogP contribution is 2.11. The summed E-state index contributed by atoms with van der Waals surface area (Å²) in [7, 11) is 1.89. The minimum absolute atomic E-state index is 0.148. The average molecular weight is 260 g/mol. The molecule has 5 nitrogen and oxygen atoms in total. The number of ketones is 1. The largest absolute Gasteiger partial charge is 0.292 e. The molecule has 0 aliphatic rings. The van der Waals surface area contributed by atoms with Crippen molar-refractivity contribution in [1.82, 2.24) is 19.6 Å². The number of aryl methyl sites for hydroxylation is 4. The van der Waals surface area contributed by atoms with Crippen LogP contribution >= 0.6 is 0 Å². The molecule has 5 heteroatoms. The topological polar surface area (TPSA) is 52.7 Å². The first-order chi connectivity index (χ1) is 9.15. The van der Waals surface area contributed by atoms with Crippen LogP contribution in [0.25, 0.3) is 0 Å². The minimum Gasteiger partial charge on any atom is -0.292 e. The van der Waals surface area contributed by atoms with E-state index in [-0.39, 0.29) is 5.78 Å². The van der Waals surface area contributed by atoms with Gasteiger partial charge in [-0.3, -0.25) is 14.2 Å². The molecule has 0 saturated carbocycles. The molecule has 0 unspecified atom stereocenters. The van der Waals surface area contributed by atoms with Gasteiger partial charge < -0.3 is 0 Å². The van der Waals surface area contributed by atoms with Crippen molar-refractivity contribution in [2.45, 2.75) is 39.7 Å². The Morgan fingerprint density at radius 1 is 1.37 bits per heavy atom. The van der Waals surface area contributed by atoms with E-state index in [1.165, 1.54) is 0 Å². The number of carbonyl (C=O) groups is 1. The lowest BCUT2D eigenvalue weighted by atomic mass is 10.1. The smallest absolute Gasteiger partial charge is 0.181 e. The summed E-state index contributed by atoms with van der Waals surface area (Å²) in [4.78, 5) is 12.3. The van der Waals surface area contributed by atoms with E-state index in [4.69, 9.17) is 0 Å². The maximum atomic E-state index is 12.3. The van der Waals surface area contributed by atoms with Gasteiger partial charge in [0.05, 0.1) is 5.69 Å². The Kier molecular flexibility index (Phi) is 4.14. The molecule has 0 radical (unpaired) electrons. The first kappa shape index (κ1) is 13.5. The quantitative estimate of drug-likeness (QED) is 0.747. The summed E-state index contributed by atoms with van der Waals surface area (Å²) in [5.41, 5.74) is 2.78. The normalized spacial score (nSPS) is 10.9. The Morgan fingerprint density at radius 2 is 2.16 bits per heavy atom. The van der Waals surface area contributed by atoms with Crippen LogP contribution in [0.4, 0.5) is 0 Å². The molecule has 0 aliphatic carbocycles. The fourth-order valence-electron chi connectivity index (χ4n) is 2.12. The third-order valence-electron chi connectivity index (χ3n) is 3.31. The first-order valence-electron chi connectivity index (χ1n) is 6.72. The van der Waals surface area contributed by atoms with Crippen LogP contribution in [0.5, 0.6) is 0 Å². The number of rotatable bonds is 6. The molecule has 102 valence electrons. The molecule has 0 aliphatic heterocycles. The summed E-state index contributed by atoms with van der Waals surface area (Å²) in [5, 5.41) is 8.52. The van der Waals surface area contributed by atoms with Crippen molar-refractivity contribution in [3.05, 3.63) is 35.4 Å². The molecule has 19 heavy (non-hydrogen) atoms. The molecule has 0 saturated heterocycles. The number of Topliss-reactive ketones (excluding diaryl/α,β-unsaturated/α-hetero) is 1. The second-order valence-corrected chi connectivity index (χ2v) is 4.56. The highest BCUT2D eigenvalue weighted by Gasteiger charge is 2.14. The molecule has 2 rings (SSSR count). The van der Waals surface area contributed by atoms with Gasteiger partial charge >= 0.3 is 0 Å². The predicted octanol–water partition coefficient (Wildman–Crippen LogP) is 2.01. The zero-order valence-electron chi connectivity index (χ0n) is 11.8. The summed E-state index contributed by atoms with van der Waals surface area (Å²) in [6, 6.07) is 3.86. The Balaban J connectivity index is 2.07. The van der Waals surface area contributed by atoms with E-state index >= 15 is 0 Å². The Labute approximate surface area is 113 Å². The van der Waals surface area contributed by atoms with E-state index in [0.717, 1.165) is 30.0 Å². The van der Waals surface area contributed by atoms with Crippen molar-refractivity contribution in [1.29, 1.82) is 0 Å². The van der Waals surface area contributed by atoms with E-state index in [2.05, 4.69) is 10.2 Å². The minimum atomic E-state index is 0.148. The third-order valence-corrected chi connectivity index (χ3v) is 3.31. The number of carbonyl (C=O) groups excluding carboxylic acids is 1. The standard InChI is InChI=1S/C14H20N4O/c1-4-11-10-13(18(5-2)16-11)14(19)7-6-12-8-9-15-17(12)3/h8-10H,4-7H2,1-3H3. The SMILES string of the molecule is CCc1cc(C(=O)CCc2ccnn2C)n(CC)n1. The predicted molar refractivity (Wildman–Crippen MR) is 73.1 cm³/mol. The van der Waals surface area contributed by atoms with Gasteiger partial charge in [0.15, 0.2) is 5.78 Å². The van der Waals surface area contributed by atoms with Crippen LogP contribution in [0, 0.1) is 0 Å². The van der Waals surface area contributed by atoms with Crippen LogP contribution in [0.2, 0.25) is 0 Å². The first-order valence-corrected chi connectivity index (χ1v) is 6.72. The number of nitrogens with zero attached hydrogens (tertiary/aromatic N) is 4. The summed E-state index contributed by atoms with van der Waals surface area (Å²) >= 11 is 0. The third kappa shape index (κ3) is 2.92. The summed E-state index contributed by atoms with van der Waals surface area (Å²) in [5.74, 6) is 0.148. The monoisotopic (exact) mass is 260 g/mol. The highest BCUT2D eigenvalue weighted by atomic mass is 16.1. The molecule has 2 aromatic rings. The van der Waals surface area contributed by atoms with E-state index < -0.39 is 0 Å². The molecule has 0 atom stereocenters. The van der Waals surface area contributed by atoms with Gasteiger partial charge in [-0.15, -0.1) is 0 Å². The Morgan fingerprint density at radius 3 is 2.74 bits per heavy atom. The molecule has 0 bridgehead atoms. The molecule has 0 N–H and O–H groups in total. The fourth-order valence-corrected chi connectivity index (χ4v) is 2.12. The number of aromatic nitrogens is 4. The van der Waals surface area contributed by atoms with Crippen LogP contribution in [-0.4, -0.2) is 25.3 Å². The summed E-state index contributed by atoms with van der Waals surface area (Å²) < 4.78 is 3.60. The van der Waals surface area contributed by atoms with Gasteiger partial charge in [0.2, 0.25) is 0 Å². The maximum Gasteiger partial charge on any atom is 0.181 e. The van der Waals surface area contributed by atoms with Gasteiger partial charge in [-0.25, -0.2) is 0 Å². The van der Waals surface area contributed by atoms with Gasteiger partial charge in [0.25, 0.3) is 0 Å². The molecule has 0 aromatic carbocycles. The Bertz CT molecular complexity index is 568. The number of hydrogen-bond donors (Lipinski definition) is 0. The molecular formula is C14H20N4O. The molecule has 2 aromatic heterocycles. The lowest BCUT2D eigenvalue weighted by Gasteiger charge is -2.04. The lowest BCUT2D eigenvalue weighted by Crippen LogP contribution is -2.11. The van der Waals surface area contributed by atoms with Gasteiger partial charge in [-0.1, -0.05) is 6.92 Å². The second kappa shape index (κ2) is 5.82. The van der Waals surface area contributed by atoms with E-state index in [0.29, 0.717) is 12.8 Å². The van der Waals surface area contributed by atoms with Gasteiger partial charge in [0, 0.05) is 31.9 Å². The lowest BCUT2D eigenvalue weighted by molar-refractivity contribution is 0.0972. The fraction of sp³-hybridized carbons (Fsp3) is 0.500. The van der Waals surface area contributed by atoms with Crippen LogP contribution in [0.1, 0.15) is 42.1 Å². The molecule has 2 heterocycles. The molecular weight excluding hydrogens is 240 g/mol. The van der Waals surface area contributed by atoms with Crippen LogP contribution in [-0.2, 0) is 26.4 Å². The zero-order chi connectivity index (χ0) is 13.8. The van der Waals surface area contributed by atoms with Crippen molar-refractivity contribution < 1.29 is 4.79 Å². The van der Waals surface area contributed by atoms with Crippen molar-refractivity contribution in [3.8, 4) is 0 Å². The van der Waals surface area contributed by atoms with Crippen molar-refractivity contribution in [2.75, 3.05) is 0 Å². The number of hydrogen-bond acceptors (Lipinski definition) is 3. The van der Waals surface area contributed by atoms with Gasteiger partial charge in [-0.2, -0.15) is 10.2 Å². The van der Waals surface area contributed by atoms with Crippen molar-refractivity contribution in [2.24, 2.45) is 7.05 Å². The summed E-state index contributed by atoms with van der Waals surface area (Å²) in [6.45, 7) is 4.78. The van der Waals surface area contributed by atoms with Gasteiger partial charge in [-0.05, 0) is 31.9 Å². The van der Waals surface area contributed by atoms with Gasteiger partial charge in [0.1, 0.15) is 5.69 Å². The van der Waals surface area contributed by atoms with Crippen LogP contribution in [0.15, 0.2) is 18.3 Å². The highest BCUT2D eigenvalue weighted by molar-refractivity contribution is 5.94. The van der Waals surface area contributed by atoms with E-state index in [1.54, 1.807) is 10.9 Å². The van der Waals surface area contributed by atoms with E-state index in [1.807, 2.05) is 37.7 Å². The van der Waals surface area contributed by atoms with Crippen LogP contribution in [0.3, 0.4) is 0 Å². The second-order valence-electron chi connectivity index (χ2n) is 4.56. The van der Waals surface area contributed by atoms with Crippen molar-refractivity contribution in [3.63, 3.8) is 0 Å².